The normalized spacial score (nSPS) is 18.4. The molecule has 0 bridgehead atoms. The van der Waals surface area contributed by atoms with E-state index in [2.05, 4.69) is 10.5 Å². The number of nitrogens with one attached hydrogen (secondary N) is 1. The summed E-state index contributed by atoms with van der Waals surface area (Å²) >= 11 is 12.5. The highest BCUT2D eigenvalue weighted by Crippen LogP contribution is 2.39. The lowest BCUT2D eigenvalue weighted by Gasteiger charge is -2.26. The van der Waals surface area contributed by atoms with Crippen molar-refractivity contribution in [1.82, 2.24) is 20.2 Å². The fraction of sp³-hybridized carbons (Fsp3) is 0.280. The first kappa shape index (κ1) is 25.7. The number of hydrogen-bond donors (Lipinski definition) is 1. The number of hydrazine groups is 1. The van der Waals surface area contributed by atoms with Gasteiger partial charge in [-0.1, -0.05) is 41.8 Å². The molecule has 1 fully saturated rings. The largest absolute Gasteiger partial charge is 0.428 e. The second-order valence-corrected chi connectivity index (χ2v) is 11.9. The smallest absolute Gasteiger partial charge is 0.390 e. The Balaban J connectivity index is 1.61. The van der Waals surface area contributed by atoms with E-state index < -0.39 is 21.7 Å². The minimum Gasteiger partial charge on any atom is -0.390 e. The van der Waals surface area contributed by atoms with E-state index in [4.69, 9.17) is 27.9 Å². The number of ether oxygens (including phenoxy) is 1. The number of rotatable bonds is 4. The summed E-state index contributed by atoms with van der Waals surface area (Å²) in [6.45, 7) is 1.38. The maximum absolute atomic E-state index is 13.4. The standard InChI is InChI=1S/C25H23Cl2FN4O4S/c26-18-6-9-22(21(27)13-18)32-24(36-25(33)30-31-10-2-1-3-11-31)20-15-37(34,35)14-17(23(20)29-32)12-16-4-7-19(28)8-5-16/h4-9,12-13H,1-3,10-11,14-15H2,(H,30,33)/b17-12+. The minimum atomic E-state index is -3.62. The van der Waals surface area contributed by atoms with Crippen LogP contribution in [0.2, 0.25) is 10.0 Å². The van der Waals surface area contributed by atoms with Crippen molar-refractivity contribution in [2.24, 2.45) is 0 Å². The van der Waals surface area contributed by atoms with Crippen LogP contribution in [-0.4, -0.2) is 48.1 Å². The molecule has 1 saturated heterocycles. The van der Waals surface area contributed by atoms with E-state index in [9.17, 15) is 17.6 Å². The SMILES string of the molecule is O=C(NN1CCCCC1)Oc1c2c(nn1-c1ccc(Cl)cc1Cl)/C(=C/c1ccc(F)cc1)CS(=O)(=O)C2. The maximum Gasteiger partial charge on any atom is 0.428 e. The molecule has 2 aromatic carbocycles. The third-order valence-corrected chi connectivity index (χ3v) is 8.14. The fourth-order valence-electron chi connectivity index (χ4n) is 4.44. The number of carbonyl (C=O) groups is 1. The molecule has 0 atom stereocenters. The summed E-state index contributed by atoms with van der Waals surface area (Å²) in [7, 11) is -3.62. The average molecular weight is 565 g/mol. The van der Waals surface area contributed by atoms with Gasteiger partial charge in [0.25, 0.3) is 0 Å². The molecule has 1 amide bonds. The molecule has 3 heterocycles. The average Bonchev–Trinajstić information content (AvgIpc) is 3.18. The second-order valence-electron chi connectivity index (χ2n) is 8.94. The van der Waals surface area contributed by atoms with Crippen LogP contribution in [0.1, 0.15) is 36.1 Å². The zero-order valence-corrected chi connectivity index (χ0v) is 21.9. The van der Waals surface area contributed by atoms with Crippen LogP contribution >= 0.6 is 23.2 Å². The minimum absolute atomic E-state index is 0.0537. The lowest BCUT2D eigenvalue weighted by atomic mass is 10.1. The van der Waals surface area contributed by atoms with E-state index >= 15 is 0 Å². The van der Waals surface area contributed by atoms with Gasteiger partial charge in [-0.15, -0.1) is 0 Å². The molecule has 12 heteroatoms. The summed E-state index contributed by atoms with van der Waals surface area (Å²) in [5.74, 6) is -1.11. The van der Waals surface area contributed by atoms with E-state index in [0.29, 0.717) is 40.6 Å². The molecule has 2 aliphatic rings. The summed E-state index contributed by atoms with van der Waals surface area (Å²) in [4.78, 5) is 12.9. The number of benzene rings is 2. The first-order valence-electron chi connectivity index (χ1n) is 11.7. The molecular formula is C25H23Cl2FN4O4S. The second kappa shape index (κ2) is 10.4. The van der Waals surface area contributed by atoms with Gasteiger partial charge in [0.05, 0.1) is 33.5 Å². The summed E-state index contributed by atoms with van der Waals surface area (Å²) in [6, 6.07) is 10.4. The van der Waals surface area contributed by atoms with Crippen molar-refractivity contribution >= 4 is 50.8 Å². The number of carbonyl (C=O) groups excluding carboxylic acids is 1. The number of piperidine rings is 1. The van der Waals surface area contributed by atoms with Crippen LogP contribution in [0.3, 0.4) is 0 Å². The molecule has 1 N–H and O–H groups in total. The van der Waals surface area contributed by atoms with Crippen molar-refractivity contribution in [3.8, 4) is 11.6 Å². The van der Waals surface area contributed by atoms with Crippen LogP contribution in [-0.2, 0) is 15.6 Å². The number of halogens is 3. The third-order valence-electron chi connectivity index (χ3n) is 6.12. The van der Waals surface area contributed by atoms with E-state index in [1.165, 1.54) is 22.9 Å². The Labute approximate surface area is 223 Å². The monoisotopic (exact) mass is 564 g/mol. The van der Waals surface area contributed by atoms with E-state index in [-0.39, 0.29) is 28.0 Å². The lowest BCUT2D eigenvalue weighted by Crippen LogP contribution is -2.46. The van der Waals surface area contributed by atoms with Gasteiger partial charge in [0.1, 0.15) is 5.82 Å². The van der Waals surface area contributed by atoms with Crippen LogP contribution in [0.5, 0.6) is 5.88 Å². The molecular weight excluding hydrogens is 542 g/mol. The quantitative estimate of drug-likeness (QED) is 0.463. The van der Waals surface area contributed by atoms with Gasteiger partial charge in [-0.25, -0.2) is 22.6 Å². The first-order valence-corrected chi connectivity index (χ1v) is 14.2. The topological polar surface area (TPSA) is 93.5 Å². The van der Waals surface area contributed by atoms with Crippen molar-refractivity contribution < 1.29 is 22.3 Å². The highest BCUT2D eigenvalue weighted by molar-refractivity contribution is 7.91. The zero-order valence-electron chi connectivity index (χ0n) is 19.6. The molecule has 194 valence electrons. The van der Waals surface area contributed by atoms with Crippen molar-refractivity contribution in [2.45, 2.75) is 25.0 Å². The summed E-state index contributed by atoms with van der Waals surface area (Å²) in [5.41, 5.74) is 4.66. The predicted molar refractivity (Wildman–Crippen MR) is 140 cm³/mol. The van der Waals surface area contributed by atoms with Gasteiger partial charge in [-0.3, -0.25) is 5.43 Å². The van der Waals surface area contributed by atoms with Gasteiger partial charge < -0.3 is 4.74 Å². The first-order chi connectivity index (χ1) is 17.7. The molecule has 0 spiro atoms. The Kier molecular flexibility index (Phi) is 7.26. The van der Waals surface area contributed by atoms with Gasteiger partial charge in [-0.2, -0.15) is 9.78 Å². The van der Waals surface area contributed by atoms with E-state index in [0.717, 1.165) is 19.3 Å². The Morgan fingerprint density at radius 1 is 1.05 bits per heavy atom. The molecule has 0 aliphatic carbocycles. The Morgan fingerprint density at radius 2 is 1.78 bits per heavy atom. The fourth-order valence-corrected chi connectivity index (χ4v) is 6.42. The molecule has 37 heavy (non-hydrogen) atoms. The van der Waals surface area contributed by atoms with Crippen molar-refractivity contribution in [3.63, 3.8) is 0 Å². The number of fused-ring (bicyclic) bond motifs is 1. The van der Waals surface area contributed by atoms with Gasteiger partial charge >= 0.3 is 6.09 Å². The number of sulfone groups is 1. The molecule has 0 radical (unpaired) electrons. The third kappa shape index (κ3) is 5.82. The highest BCUT2D eigenvalue weighted by atomic mass is 35.5. The summed E-state index contributed by atoms with van der Waals surface area (Å²) in [6.07, 6.45) is 3.85. The number of hydrogen-bond acceptors (Lipinski definition) is 6. The van der Waals surface area contributed by atoms with Gasteiger partial charge in [0, 0.05) is 18.1 Å². The molecule has 0 saturated carbocycles. The molecule has 0 unspecified atom stereocenters. The van der Waals surface area contributed by atoms with Gasteiger partial charge in [-0.05, 0) is 60.4 Å². The van der Waals surface area contributed by atoms with Crippen molar-refractivity contribution in [2.75, 3.05) is 18.8 Å². The lowest BCUT2D eigenvalue weighted by molar-refractivity contribution is 0.127. The molecule has 2 aliphatic heterocycles. The van der Waals surface area contributed by atoms with E-state index in [1.54, 1.807) is 35.4 Å². The Hall–Kier alpha value is -2.92. The van der Waals surface area contributed by atoms with Gasteiger partial charge in [0.2, 0.25) is 5.88 Å². The predicted octanol–water partition coefficient (Wildman–Crippen LogP) is 5.28. The van der Waals surface area contributed by atoms with Crippen LogP contribution in [0.15, 0.2) is 42.5 Å². The molecule has 3 aromatic rings. The van der Waals surface area contributed by atoms with Crippen molar-refractivity contribution in [3.05, 3.63) is 75.1 Å². The van der Waals surface area contributed by atoms with Crippen LogP contribution in [0, 0.1) is 5.82 Å². The number of aromatic nitrogens is 2. The number of amides is 1. The summed E-state index contributed by atoms with van der Waals surface area (Å²) < 4.78 is 46.3. The van der Waals surface area contributed by atoms with Gasteiger partial charge in [0.15, 0.2) is 9.84 Å². The van der Waals surface area contributed by atoms with Crippen LogP contribution in [0.4, 0.5) is 9.18 Å². The highest BCUT2D eigenvalue weighted by Gasteiger charge is 2.35. The molecule has 5 rings (SSSR count). The summed E-state index contributed by atoms with van der Waals surface area (Å²) in [5, 5.41) is 7.04. The maximum atomic E-state index is 13.4. The number of nitrogens with zero attached hydrogens (tertiary/aromatic N) is 3. The van der Waals surface area contributed by atoms with Crippen LogP contribution in [0.25, 0.3) is 17.3 Å². The molecule has 8 nitrogen and oxygen atoms in total. The zero-order chi connectivity index (χ0) is 26.2. The Morgan fingerprint density at radius 3 is 2.49 bits per heavy atom. The van der Waals surface area contributed by atoms with Crippen LogP contribution < -0.4 is 10.2 Å². The van der Waals surface area contributed by atoms with E-state index in [1.807, 2.05) is 0 Å². The van der Waals surface area contributed by atoms with Crippen molar-refractivity contribution in [1.29, 1.82) is 0 Å². The Bertz CT molecular complexity index is 1480. The molecule has 1 aromatic heterocycles.